The van der Waals surface area contributed by atoms with Gasteiger partial charge in [-0.25, -0.2) is 17.9 Å². The second-order valence-corrected chi connectivity index (χ2v) is 8.77. The van der Waals surface area contributed by atoms with E-state index >= 15 is 0 Å². The number of aromatic nitrogens is 4. The van der Waals surface area contributed by atoms with Crippen molar-refractivity contribution >= 4 is 33.3 Å². The molecule has 3 heterocycles. The summed E-state index contributed by atoms with van der Waals surface area (Å²) in [6.07, 6.45) is 0.480. The predicted molar refractivity (Wildman–Crippen MR) is 86.2 cm³/mol. The zero-order valence-corrected chi connectivity index (χ0v) is 14.4. The Balaban J connectivity index is 1.60. The number of fused-ring (bicyclic) bond motifs is 1. The molecule has 1 saturated heterocycles. The van der Waals surface area contributed by atoms with Crippen molar-refractivity contribution in [1.29, 1.82) is 0 Å². The summed E-state index contributed by atoms with van der Waals surface area (Å²) in [7, 11) is -2.99. The lowest BCUT2D eigenvalue weighted by atomic mass is 10.3. The van der Waals surface area contributed by atoms with Crippen LogP contribution in [-0.2, 0) is 14.6 Å². The van der Waals surface area contributed by atoms with Crippen molar-refractivity contribution in [2.24, 2.45) is 0 Å². The molecule has 124 valence electrons. The van der Waals surface area contributed by atoms with Crippen LogP contribution in [0.25, 0.3) is 5.78 Å². The summed E-state index contributed by atoms with van der Waals surface area (Å²) in [6.45, 7) is 3.80. The monoisotopic (exact) mass is 355 g/mol. The highest BCUT2D eigenvalue weighted by atomic mass is 32.2. The highest BCUT2D eigenvalue weighted by molar-refractivity contribution is 7.99. The third-order valence-corrected chi connectivity index (χ3v) is 6.13. The van der Waals surface area contributed by atoms with E-state index in [0.29, 0.717) is 17.4 Å². The maximum absolute atomic E-state index is 11.9. The normalized spacial score (nSPS) is 20.0. The Morgan fingerprint density at radius 3 is 2.91 bits per heavy atom. The Morgan fingerprint density at radius 2 is 2.22 bits per heavy atom. The fourth-order valence-corrected chi connectivity index (χ4v) is 4.82. The van der Waals surface area contributed by atoms with Gasteiger partial charge in [-0.3, -0.25) is 4.79 Å². The minimum absolute atomic E-state index is 0.0262. The Hall–Kier alpha value is -1.68. The van der Waals surface area contributed by atoms with Gasteiger partial charge in [0.1, 0.15) is 0 Å². The van der Waals surface area contributed by atoms with E-state index in [4.69, 9.17) is 0 Å². The zero-order valence-electron chi connectivity index (χ0n) is 12.8. The number of aryl methyl sites for hydroxylation is 2. The number of sulfone groups is 1. The first-order chi connectivity index (χ1) is 10.8. The lowest BCUT2D eigenvalue weighted by molar-refractivity contribution is -0.119. The van der Waals surface area contributed by atoms with E-state index in [0.717, 1.165) is 11.4 Å². The topological polar surface area (TPSA) is 106 Å². The van der Waals surface area contributed by atoms with E-state index in [2.05, 4.69) is 20.4 Å². The van der Waals surface area contributed by atoms with Crippen molar-refractivity contribution in [2.45, 2.75) is 31.5 Å². The maximum atomic E-state index is 11.9. The molecule has 0 saturated carbocycles. The standard InChI is InChI=1S/C13H17N5O3S2/c1-8-5-9(2)18-12(14-8)16-13(17-18)22-6-11(19)15-10-3-4-23(20,21)7-10/h5,10H,3-4,6-7H2,1-2H3,(H,15,19)/t10-/m0/s1. The van der Waals surface area contributed by atoms with Crippen molar-refractivity contribution in [1.82, 2.24) is 24.9 Å². The summed E-state index contributed by atoms with van der Waals surface area (Å²) in [5.41, 5.74) is 1.78. The van der Waals surface area contributed by atoms with Gasteiger partial charge in [-0.1, -0.05) is 11.8 Å². The molecule has 1 amide bonds. The molecule has 0 bridgehead atoms. The maximum Gasteiger partial charge on any atom is 0.253 e. The van der Waals surface area contributed by atoms with Gasteiger partial charge in [-0.05, 0) is 26.3 Å². The molecular formula is C13H17N5O3S2. The van der Waals surface area contributed by atoms with E-state index < -0.39 is 9.84 Å². The average molecular weight is 355 g/mol. The number of amides is 1. The summed E-state index contributed by atoms with van der Waals surface area (Å²) in [5, 5.41) is 7.53. The van der Waals surface area contributed by atoms with Crippen molar-refractivity contribution in [3.8, 4) is 0 Å². The number of carbonyl (C=O) groups is 1. The van der Waals surface area contributed by atoms with Crippen LogP contribution in [0.15, 0.2) is 11.2 Å². The number of nitrogens with one attached hydrogen (secondary N) is 1. The molecule has 0 radical (unpaired) electrons. The quantitative estimate of drug-likeness (QED) is 0.777. The van der Waals surface area contributed by atoms with Crippen LogP contribution in [0.1, 0.15) is 17.8 Å². The fraction of sp³-hybridized carbons (Fsp3) is 0.538. The first-order valence-corrected chi connectivity index (χ1v) is 9.97. The summed E-state index contributed by atoms with van der Waals surface area (Å²) in [4.78, 5) is 20.5. The van der Waals surface area contributed by atoms with Crippen LogP contribution in [0.3, 0.4) is 0 Å². The molecule has 2 aromatic heterocycles. The van der Waals surface area contributed by atoms with Crippen molar-refractivity contribution in [3.63, 3.8) is 0 Å². The van der Waals surface area contributed by atoms with E-state index in [-0.39, 0.29) is 29.2 Å². The highest BCUT2D eigenvalue weighted by Crippen LogP contribution is 2.16. The molecule has 2 aromatic rings. The molecule has 10 heteroatoms. The molecule has 0 aromatic carbocycles. The average Bonchev–Trinajstić information content (AvgIpc) is 2.99. The highest BCUT2D eigenvalue weighted by Gasteiger charge is 2.28. The fourth-order valence-electron chi connectivity index (χ4n) is 2.52. The second kappa shape index (κ2) is 6.08. The van der Waals surface area contributed by atoms with E-state index in [1.807, 2.05) is 19.9 Å². The van der Waals surface area contributed by atoms with Gasteiger partial charge in [-0.2, -0.15) is 4.98 Å². The Bertz CT molecular complexity index is 862. The number of hydrogen-bond donors (Lipinski definition) is 1. The minimum Gasteiger partial charge on any atom is -0.352 e. The Morgan fingerprint density at radius 1 is 1.43 bits per heavy atom. The molecule has 1 fully saturated rings. The van der Waals surface area contributed by atoms with Gasteiger partial charge in [0.2, 0.25) is 11.1 Å². The van der Waals surface area contributed by atoms with Crippen LogP contribution < -0.4 is 5.32 Å². The molecule has 1 N–H and O–H groups in total. The Labute approximate surface area is 138 Å². The number of thioether (sulfide) groups is 1. The third-order valence-electron chi connectivity index (χ3n) is 3.53. The number of carbonyl (C=O) groups excluding carboxylic acids is 1. The minimum atomic E-state index is -2.99. The van der Waals surface area contributed by atoms with Crippen LogP contribution in [-0.4, -0.2) is 57.2 Å². The van der Waals surface area contributed by atoms with Gasteiger partial charge in [0.25, 0.3) is 5.78 Å². The van der Waals surface area contributed by atoms with Crippen molar-refractivity contribution in [2.75, 3.05) is 17.3 Å². The van der Waals surface area contributed by atoms with Crippen LogP contribution in [0.4, 0.5) is 0 Å². The van der Waals surface area contributed by atoms with Gasteiger partial charge in [0.15, 0.2) is 9.84 Å². The van der Waals surface area contributed by atoms with Crippen molar-refractivity contribution < 1.29 is 13.2 Å². The predicted octanol–water partition coefficient (Wildman–Crippen LogP) is 0.137. The molecule has 3 rings (SSSR count). The largest absolute Gasteiger partial charge is 0.352 e. The van der Waals surface area contributed by atoms with Gasteiger partial charge in [0, 0.05) is 17.4 Å². The van der Waals surface area contributed by atoms with Gasteiger partial charge < -0.3 is 5.32 Å². The summed E-state index contributed by atoms with van der Waals surface area (Å²) in [6, 6.07) is 1.62. The molecule has 1 aliphatic rings. The number of rotatable bonds is 4. The lowest BCUT2D eigenvalue weighted by Gasteiger charge is -2.09. The zero-order chi connectivity index (χ0) is 16.6. The number of hydrogen-bond acceptors (Lipinski definition) is 7. The van der Waals surface area contributed by atoms with Gasteiger partial charge >= 0.3 is 0 Å². The summed E-state index contributed by atoms with van der Waals surface area (Å²) in [5.74, 6) is 0.608. The molecule has 0 spiro atoms. The van der Waals surface area contributed by atoms with Crippen LogP contribution in [0, 0.1) is 13.8 Å². The first-order valence-electron chi connectivity index (χ1n) is 7.16. The van der Waals surface area contributed by atoms with Crippen LogP contribution >= 0.6 is 11.8 Å². The SMILES string of the molecule is Cc1cc(C)n2nc(SCC(=O)N[C@H]3CCS(=O)(=O)C3)nc2n1. The van der Waals surface area contributed by atoms with E-state index in [9.17, 15) is 13.2 Å². The lowest BCUT2D eigenvalue weighted by Crippen LogP contribution is -2.36. The molecule has 0 unspecified atom stereocenters. The smallest absolute Gasteiger partial charge is 0.253 e. The van der Waals surface area contributed by atoms with Crippen LogP contribution in [0.2, 0.25) is 0 Å². The van der Waals surface area contributed by atoms with Gasteiger partial charge in [-0.15, -0.1) is 5.10 Å². The molecular weight excluding hydrogens is 338 g/mol. The summed E-state index contributed by atoms with van der Waals surface area (Å²) >= 11 is 1.21. The van der Waals surface area contributed by atoms with Crippen LogP contribution in [0.5, 0.6) is 0 Å². The Kier molecular flexibility index (Phi) is 4.28. The third kappa shape index (κ3) is 3.81. The van der Waals surface area contributed by atoms with Gasteiger partial charge in [0.05, 0.1) is 17.3 Å². The van der Waals surface area contributed by atoms with E-state index in [1.165, 1.54) is 11.8 Å². The molecule has 1 atom stereocenters. The van der Waals surface area contributed by atoms with Crippen molar-refractivity contribution in [3.05, 3.63) is 17.5 Å². The molecule has 0 aliphatic carbocycles. The molecule has 23 heavy (non-hydrogen) atoms. The first kappa shape index (κ1) is 16.2. The number of nitrogens with zero attached hydrogens (tertiary/aromatic N) is 4. The van der Waals surface area contributed by atoms with E-state index in [1.54, 1.807) is 4.52 Å². The second-order valence-electron chi connectivity index (χ2n) is 5.60. The molecule has 1 aliphatic heterocycles. The molecule has 8 nitrogen and oxygen atoms in total. The summed E-state index contributed by atoms with van der Waals surface area (Å²) < 4.78 is 24.4.